The van der Waals surface area contributed by atoms with Gasteiger partial charge in [0.05, 0.1) is 27.5 Å². The van der Waals surface area contributed by atoms with Gasteiger partial charge in [-0.15, -0.1) is 0 Å². The molecule has 5 aromatic carbocycles. The zero-order chi connectivity index (χ0) is 37.8. The van der Waals surface area contributed by atoms with Crippen LogP contribution in [0.25, 0.3) is 33.3 Å². The first-order valence-electron chi connectivity index (χ1n) is 18.0. The lowest BCUT2D eigenvalue weighted by molar-refractivity contribution is -0.421. The Morgan fingerprint density at radius 2 is 0.868 bits per heavy atom. The number of para-hydroxylation sites is 2. The molecule has 53 heavy (non-hydrogen) atoms. The maximum Gasteiger partial charge on any atom is 0.356 e. The van der Waals surface area contributed by atoms with Crippen LogP contribution in [-0.2, 0) is 6.54 Å². The summed E-state index contributed by atoms with van der Waals surface area (Å²) in [4.78, 5) is 30.7. The van der Waals surface area contributed by atoms with E-state index in [9.17, 15) is 20.2 Å². The van der Waals surface area contributed by atoms with Crippen LogP contribution in [0.1, 0.15) is 41.5 Å². The summed E-state index contributed by atoms with van der Waals surface area (Å²) >= 11 is 0. The highest BCUT2D eigenvalue weighted by Gasteiger charge is 2.39. The lowest BCUT2D eigenvalue weighted by atomic mass is 9.93. The van der Waals surface area contributed by atoms with Crippen LogP contribution in [0.5, 0.6) is 0 Å². The van der Waals surface area contributed by atoms with Crippen LogP contribution in [0.2, 0.25) is 0 Å². The molecule has 1 heterocycles. The molecule has 0 aliphatic carbocycles. The monoisotopic (exact) mass is 711 g/mol. The number of nitro benzene ring substituents is 2. The fourth-order valence-corrected chi connectivity index (χ4v) is 6.74. The first-order chi connectivity index (χ1) is 25.4. The highest BCUT2D eigenvalue weighted by atomic mass is 16.6. The van der Waals surface area contributed by atoms with Gasteiger partial charge < -0.3 is 9.80 Å². The van der Waals surface area contributed by atoms with Crippen molar-refractivity contribution in [3.05, 3.63) is 129 Å². The molecule has 0 spiro atoms. The molecule has 1 aromatic heterocycles. The summed E-state index contributed by atoms with van der Waals surface area (Å²) in [6.45, 7) is 14.5. The summed E-state index contributed by atoms with van der Waals surface area (Å²) in [5, 5.41) is 35.7. The van der Waals surface area contributed by atoms with Gasteiger partial charge in [-0.25, -0.2) is 0 Å². The minimum atomic E-state index is -0.658. The van der Waals surface area contributed by atoms with Gasteiger partial charge in [-0.2, -0.15) is 15.0 Å². The SMILES string of the molecule is CC(C)CN(c1ccccc1)c1ccc(-c2c([N+](=O)[O-])c([N+](=O)[O-])c(-c3ccc(N(CC(C)C)c4ccccc4)cc3)c3nn(CC(C)C)nc23)cc1. The Morgan fingerprint density at radius 3 is 1.17 bits per heavy atom. The van der Waals surface area contributed by atoms with Gasteiger partial charge >= 0.3 is 11.4 Å². The van der Waals surface area contributed by atoms with Crippen molar-refractivity contribution in [3.63, 3.8) is 0 Å². The fourth-order valence-electron chi connectivity index (χ4n) is 6.74. The third-order valence-corrected chi connectivity index (χ3v) is 8.89. The molecule has 0 saturated carbocycles. The largest absolute Gasteiger partial charge is 0.356 e. The average Bonchev–Trinajstić information content (AvgIpc) is 3.55. The normalized spacial score (nSPS) is 11.5. The third kappa shape index (κ3) is 7.89. The van der Waals surface area contributed by atoms with E-state index in [0.29, 0.717) is 29.5 Å². The lowest BCUT2D eigenvalue weighted by Gasteiger charge is -2.27. The zero-order valence-electron chi connectivity index (χ0n) is 31.0. The molecule has 0 atom stereocenters. The predicted molar refractivity (Wildman–Crippen MR) is 213 cm³/mol. The van der Waals surface area contributed by atoms with E-state index in [1.54, 1.807) is 24.3 Å². The van der Waals surface area contributed by atoms with Gasteiger partial charge in [-0.3, -0.25) is 20.2 Å². The van der Waals surface area contributed by atoms with E-state index in [0.717, 1.165) is 35.8 Å². The van der Waals surface area contributed by atoms with E-state index in [-0.39, 0.29) is 28.1 Å². The second kappa shape index (κ2) is 15.6. The minimum Gasteiger partial charge on any atom is -0.341 e. The van der Waals surface area contributed by atoms with Crippen molar-refractivity contribution in [3.8, 4) is 22.3 Å². The number of aromatic nitrogens is 3. The summed E-state index contributed by atoms with van der Waals surface area (Å²) in [7, 11) is 0. The van der Waals surface area contributed by atoms with Gasteiger partial charge in [0.1, 0.15) is 11.0 Å². The Balaban J connectivity index is 1.55. The van der Waals surface area contributed by atoms with E-state index < -0.39 is 21.2 Å². The molecule has 0 N–H and O–H groups in total. The van der Waals surface area contributed by atoms with E-state index >= 15 is 0 Å². The Labute approximate surface area is 309 Å². The highest BCUT2D eigenvalue weighted by molar-refractivity contribution is 6.10. The Kier molecular flexibility index (Phi) is 10.8. The molecule has 11 heteroatoms. The highest BCUT2D eigenvalue weighted by Crippen LogP contribution is 2.49. The molecule has 6 aromatic rings. The Hall–Kier alpha value is -6.10. The molecule has 0 bridgehead atoms. The molecule has 272 valence electrons. The molecule has 11 nitrogen and oxygen atoms in total. The predicted octanol–water partition coefficient (Wildman–Crippen LogP) is 10.8. The van der Waals surface area contributed by atoms with Crippen LogP contribution < -0.4 is 9.80 Å². The van der Waals surface area contributed by atoms with Crippen molar-refractivity contribution in [1.29, 1.82) is 0 Å². The topological polar surface area (TPSA) is 123 Å². The molecular formula is C42H45N7O4. The maximum atomic E-state index is 13.0. The van der Waals surface area contributed by atoms with Crippen LogP contribution in [-0.4, -0.2) is 37.9 Å². The van der Waals surface area contributed by atoms with E-state index in [1.807, 2.05) is 98.8 Å². The van der Waals surface area contributed by atoms with E-state index in [1.165, 1.54) is 4.80 Å². The number of anilines is 4. The van der Waals surface area contributed by atoms with Gasteiger partial charge in [-0.1, -0.05) is 102 Å². The Bertz CT molecular complexity index is 2050. The second-order valence-corrected chi connectivity index (χ2v) is 14.6. The summed E-state index contributed by atoms with van der Waals surface area (Å²) < 4.78 is 0. The van der Waals surface area contributed by atoms with Gasteiger partial charge in [0.2, 0.25) is 0 Å². The number of rotatable bonds is 14. The van der Waals surface area contributed by atoms with Gasteiger partial charge in [0, 0.05) is 35.8 Å². The molecule has 0 amide bonds. The third-order valence-electron chi connectivity index (χ3n) is 8.89. The minimum absolute atomic E-state index is 0.0703. The van der Waals surface area contributed by atoms with Crippen molar-refractivity contribution in [1.82, 2.24) is 15.0 Å². The number of nitro groups is 2. The van der Waals surface area contributed by atoms with Crippen molar-refractivity contribution in [2.24, 2.45) is 17.8 Å². The lowest BCUT2D eigenvalue weighted by Crippen LogP contribution is -2.22. The number of fused-ring (bicyclic) bond motifs is 1. The standard InChI is InChI=1S/C42H45N7O4/c1-28(2)25-45(33-13-9-7-10-14-33)35-21-17-31(18-22-35)37-39-40(44-47(43-39)27-30(5)6)38(42(49(52)53)41(37)48(50)51)32-19-23-36(24-20-32)46(26-29(3)4)34-15-11-8-12-16-34/h7-24,28-30H,25-27H2,1-6H3. The zero-order valence-corrected chi connectivity index (χ0v) is 31.0. The van der Waals surface area contributed by atoms with Crippen LogP contribution in [0, 0.1) is 38.0 Å². The summed E-state index contributed by atoms with van der Waals surface area (Å²) in [6, 6.07) is 34.7. The molecule has 0 saturated heterocycles. The number of benzene rings is 5. The van der Waals surface area contributed by atoms with Crippen molar-refractivity contribution < 1.29 is 9.85 Å². The molecule has 6 rings (SSSR count). The Morgan fingerprint density at radius 1 is 0.528 bits per heavy atom. The van der Waals surface area contributed by atoms with Crippen LogP contribution >= 0.6 is 0 Å². The second-order valence-electron chi connectivity index (χ2n) is 14.6. The molecule has 0 aliphatic rings. The first-order valence-corrected chi connectivity index (χ1v) is 18.0. The quantitative estimate of drug-likeness (QED) is 0.0808. The van der Waals surface area contributed by atoms with E-state index in [4.69, 9.17) is 10.2 Å². The van der Waals surface area contributed by atoms with Gasteiger partial charge in [-0.05, 0) is 77.4 Å². The molecule has 0 fully saturated rings. The summed E-state index contributed by atoms with van der Waals surface area (Å²) in [5.41, 5.74) is 4.09. The molecule has 0 aliphatic heterocycles. The van der Waals surface area contributed by atoms with Gasteiger partial charge in [0.15, 0.2) is 0 Å². The maximum absolute atomic E-state index is 13.0. The number of nitrogens with zero attached hydrogens (tertiary/aromatic N) is 7. The molecule has 0 radical (unpaired) electrons. The van der Waals surface area contributed by atoms with Crippen LogP contribution in [0.4, 0.5) is 34.1 Å². The molecular weight excluding hydrogens is 667 g/mol. The van der Waals surface area contributed by atoms with Crippen molar-refractivity contribution in [2.75, 3.05) is 22.9 Å². The van der Waals surface area contributed by atoms with Crippen LogP contribution in [0.3, 0.4) is 0 Å². The average molecular weight is 712 g/mol. The first kappa shape index (κ1) is 36.7. The summed E-state index contributed by atoms with van der Waals surface area (Å²) in [6.07, 6.45) is 0. The number of hydrogen-bond acceptors (Lipinski definition) is 8. The van der Waals surface area contributed by atoms with Crippen LogP contribution in [0.15, 0.2) is 109 Å². The fraction of sp³-hybridized carbons (Fsp3) is 0.286. The van der Waals surface area contributed by atoms with E-state index in [2.05, 4.69) is 37.5 Å². The van der Waals surface area contributed by atoms with Crippen molar-refractivity contribution in [2.45, 2.75) is 48.1 Å². The van der Waals surface area contributed by atoms with Crippen molar-refractivity contribution >= 4 is 45.2 Å². The summed E-state index contributed by atoms with van der Waals surface area (Å²) in [5.74, 6) is 0.863. The molecule has 0 unspecified atom stereocenters. The van der Waals surface area contributed by atoms with Gasteiger partial charge in [0.25, 0.3) is 0 Å². The smallest absolute Gasteiger partial charge is 0.341 e. The number of hydrogen-bond donors (Lipinski definition) is 0.